The number of hydrogen-bond acceptors (Lipinski definition) is 5. The zero-order valence-corrected chi connectivity index (χ0v) is 10.3. The highest BCUT2D eigenvalue weighted by Gasteiger charge is 2.09. The highest BCUT2D eigenvalue weighted by molar-refractivity contribution is 7.80. The second-order valence-electron chi connectivity index (χ2n) is 3.13. The summed E-state index contributed by atoms with van der Waals surface area (Å²) < 4.78 is 5.46. The highest BCUT2D eigenvalue weighted by atomic mass is 32.1. The van der Waals surface area contributed by atoms with Crippen molar-refractivity contribution in [3.05, 3.63) is 23.3 Å². The van der Waals surface area contributed by atoms with E-state index >= 15 is 0 Å². The third-order valence-electron chi connectivity index (χ3n) is 1.90. The fraction of sp³-hybridized carbons (Fsp3) is 0.100. The maximum Gasteiger partial charge on any atom is 0.189 e. The van der Waals surface area contributed by atoms with Crippen molar-refractivity contribution in [3.63, 3.8) is 0 Å². The molecule has 0 fully saturated rings. The van der Waals surface area contributed by atoms with E-state index in [0.29, 0.717) is 22.3 Å². The molecule has 2 aromatic rings. The van der Waals surface area contributed by atoms with Gasteiger partial charge in [0.1, 0.15) is 11.5 Å². The number of nitrogens with two attached hydrogens (primary N) is 1. The summed E-state index contributed by atoms with van der Waals surface area (Å²) in [6.07, 6.45) is 0.252. The smallest absolute Gasteiger partial charge is 0.189 e. The first-order valence-corrected chi connectivity index (χ1v) is 5.96. The van der Waals surface area contributed by atoms with Gasteiger partial charge in [-0.3, -0.25) is 0 Å². The lowest BCUT2D eigenvalue weighted by atomic mass is 10.3. The Kier molecular flexibility index (Phi) is 3.37. The minimum Gasteiger partial charge on any atom is -0.458 e. The standard InChI is InChI=1S/C10H8N4OS2/c11-4-3-6-1-2-8(15-6)7-5-17-10(13-7)14-9(12)16/h1-2,5H,3H2,(H3,12,13,14,16). The van der Waals surface area contributed by atoms with E-state index in [1.165, 1.54) is 11.3 Å². The number of anilines is 1. The average Bonchev–Trinajstić information content (AvgIpc) is 2.86. The van der Waals surface area contributed by atoms with Crippen LogP contribution in [-0.2, 0) is 6.42 Å². The van der Waals surface area contributed by atoms with Crippen LogP contribution in [0.2, 0.25) is 0 Å². The molecule has 0 unspecified atom stereocenters. The van der Waals surface area contributed by atoms with E-state index in [0.717, 1.165) is 0 Å². The first-order chi connectivity index (χ1) is 8.19. The summed E-state index contributed by atoms with van der Waals surface area (Å²) in [6.45, 7) is 0. The number of aromatic nitrogens is 1. The van der Waals surface area contributed by atoms with Crippen molar-refractivity contribution in [1.82, 2.24) is 4.98 Å². The van der Waals surface area contributed by atoms with Gasteiger partial charge in [0.15, 0.2) is 16.0 Å². The molecular formula is C10H8N4OS2. The Hall–Kier alpha value is -1.91. The van der Waals surface area contributed by atoms with Gasteiger partial charge >= 0.3 is 0 Å². The van der Waals surface area contributed by atoms with Crippen molar-refractivity contribution in [2.24, 2.45) is 5.73 Å². The summed E-state index contributed by atoms with van der Waals surface area (Å²) in [6, 6.07) is 5.57. The first kappa shape index (κ1) is 11.6. The van der Waals surface area contributed by atoms with E-state index in [4.69, 9.17) is 27.6 Å². The predicted octanol–water partition coefficient (Wildman–Crippen LogP) is 2.12. The van der Waals surface area contributed by atoms with Gasteiger partial charge in [-0.1, -0.05) is 0 Å². The molecule has 0 radical (unpaired) electrons. The van der Waals surface area contributed by atoms with E-state index in [-0.39, 0.29) is 11.5 Å². The minimum absolute atomic E-state index is 0.176. The van der Waals surface area contributed by atoms with Crippen LogP contribution >= 0.6 is 23.6 Å². The molecule has 86 valence electrons. The van der Waals surface area contributed by atoms with E-state index in [1.807, 2.05) is 11.4 Å². The Morgan fingerprint density at radius 1 is 1.65 bits per heavy atom. The van der Waals surface area contributed by atoms with Crippen molar-refractivity contribution in [3.8, 4) is 17.5 Å². The number of thiazole rings is 1. The zero-order valence-electron chi connectivity index (χ0n) is 8.64. The topological polar surface area (TPSA) is 87.9 Å². The van der Waals surface area contributed by atoms with Crippen LogP contribution < -0.4 is 11.1 Å². The van der Waals surface area contributed by atoms with Crippen LogP contribution in [-0.4, -0.2) is 10.1 Å². The SMILES string of the molecule is N#CCc1ccc(-c2csc(NC(N)=S)n2)o1. The number of nitrogens with zero attached hydrogens (tertiary/aromatic N) is 2. The molecule has 0 aliphatic carbocycles. The lowest BCUT2D eigenvalue weighted by molar-refractivity contribution is 0.536. The summed E-state index contributed by atoms with van der Waals surface area (Å²) in [4.78, 5) is 4.26. The highest BCUT2D eigenvalue weighted by Crippen LogP contribution is 2.26. The van der Waals surface area contributed by atoms with Crippen molar-refractivity contribution in [2.45, 2.75) is 6.42 Å². The number of nitrogens with one attached hydrogen (secondary N) is 1. The number of furan rings is 1. The van der Waals surface area contributed by atoms with Crippen LogP contribution in [0, 0.1) is 11.3 Å². The molecule has 2 rings (SSSR count). The Balaban J connectivity index is 2.18. The Bertz CT molecular complexity index is 581. The summed E-state index contributed by atoms with van der Waals surface area (Å²) in [7, 11) is 0. The number of thiocarbonyl (C=S) groups is 1. The van der Waals surface area contributed by atoms with Gasteiger partial charge in [0.25, 0.3) is 0 Å². The van der Waals surface area contributed by atoms with Crippen molar-refractivity contribution in [2.75, 3.05) is 5.32 Å². The lowest BCUT2D eigenvalue weighted by Gasteiger charge is -1.95. The molecule has 0 bridgehead atoms. The van der Waals surface area contributed by atoms with Gasteiger partial charge in [-0.25, -0.2) is 4.98 Å². The molecule has 0 aliphatic heterocycles. The van der Waals surface area contributed by atoms with Crippen LogP contribution in [0.3, 0.4) is 0 Å². The predicted molar refractivity (Wildman–Crippen MR) is 69.5 cm³/mol. The van der Waals surface area contributed by atoms with Crippen LogP contribution in [0.4, 0.5) is 5.13 Å². The van der Waals surface area contributed by atoms with E-state index in [1.54, 1.807) is 12.1 Å². The van der Waals surface area contributed by atoms with Gasteiger partial charge in [0.05, 0.1) is 12.5 Å². The maximum absolute atomic E-state index is 8.54. The van der Waals surface area contributed by atoms with Crippen LogP contribution in [0.1, 0.15) is 5.76 Å². The maximum atomic E-state index is 8.54. The summed E-state index contributed by atoms with van der Waals surface area (Å²) in [5.41, 5.74) is 6.04. The molecule has 0 aromatic carbocycles. The molecule has 0 saturated heterocycles. The van der Waals surface area contributed by atoms with E-state index in [2.05, 4.69) is 10.3 Å². The van der Waals surface area contributed by atoms with E-state index in [9.17, 15) is 0 Å². The lowest BCUT2D eigenvalue weighted by Crippen LogP contribution is -2.18. The fourth-order valence-electron chi connectivity index (χ4n) is 1.24. The minimum atomic E-state index is 0.176. The first-order valence-electron chi connectivity index (χ1n) is 4.67. The monoisotopic (exact) mass is 264 g/mol. The van der Waals surface area contributed by atoms with Gasteiger partial charge in [-0.05, 0) is 24.4 Å². The van der Waals surface area contributed by atoms with Gasteiger partial charge < -0.3 is 15.5 Å². The Morgan fingerprint density at radius 2 is 2.47 bits per heavy atom. The number of nitriles is 1. The molecule has 0 saturated carbocycles. The molecule has 17 heavy (non-hydrogen) atoms. The summed E-state index contributed by atoms with van der Waals surface area (Å²) in [5, 5.41) is 13.9. The quantitative estimate of drug-likeness (QED) is 0.826. The van der Waals surface area contributed by atoms with Crippen LogP contribution in [0.15, 0.2) is 21.9 Å². The van der Waals surface area contributed by atoms with Gasteiger partial charge in [0.2, 0.25) is 0 Å². The largest absolute Gasteiger partial charge is 0.458 e. The molecule has 3 N–H and O–H groups in total. The fourth-order valence-corrected chi connectivity index (χ4v) is 2.11. The zero-order chi connectivity index (χ0) is 12.3. The molecule has 7 heteroatoms. The number of hydrogen-bond donors (Lipinski definition) is 2. The Labute approximate surface area is 107 Å². The van der Waals surface area contributed by atoms with Gasteiger partial charge in [0, 0.05) is 5.38 Å². The third-order valence-corrected chi connectivity index (χ3v) is 2.76. The van der Waals surface area contributed by atoms with Gasteiger partial charge in [-0.2, -0.15) is 5.26 Å². The summed E-state index contributed by atoms with van der Waals surface area (Å²) in [5.74, 6) is 1.25. The molecular weight excluding hydrogens is 256 g/mol. The molecule has 0 amide bonds. The van der Waals surface area contributed by atoms with Crippen molar-refractivity contribution < 1.29 is 4.42 Å². The molecule has 2 heterocycles. The molecule has 5 nitrogen and oxygen atoms in total. The van der Waals surface area contributed by atoms with E-state index < -0.39 is 0 Å². The van der Waals surface area contributed by atoms with Crippen molar-refractivity contribution in [1.29, 1.82) is 5.26 Å². The Morgan fingerprint density at radius 3 is 3.18 bits per heavy atom. The second-order valence-corrected chi connectivity index (χ2v) is 4.43. The van der Waals surface area contributed by atoms with Crippen LogP contribution in [0.5, 0.6) is 0 Å². The molecule has 0 aliphatic rings. The normalized spacial score (nSPS) is 9.82. The summed E-state index contributed by atoms with van der Waals surface area (Å²) >= 11 is 6.10. The molecule has 0 atom stereocenters. The second kappa shape index (κ2) is 4.95. The molecule has 2 aromatic heterocycles. The average molecular weight is 264 g/mol. The molecule has 0 spiro atoms. The third kappa shape index (κ3) is 2.81. The van der Waals surface area contributed by atoms with Crippen molar-refractivity contribution >= 4 is 33.8 Å². The van der Waals surface area contributed by atoms with Crippen LogP contribution in [0.25, 0.3) is 11.5 Å². The van der Waals surface area contributed by atoms with Gasteiger partial charge in [-0.15, -0.1) is 11.3 Å². The number of rotatable bonds is 3.